The highest BCUT2D eigenvalue weighted by Gasteiger charge is 2.48. The summed E-state index contributed by atoms with van der Waals surface area (Å²) < 4.78 is 21.6. The zero-order chi connectivity index (χ0) is 18.7. The molecule has 1 unspecified atom stereocenters. The van der Waals surface area contributed by atoms with Crippen molar-refractivity contribution in [2.24, 2.45) is 11.8 Å². The third kappa shape index (κ3) is 2.31. The maximum absolute atomic E-state index is 12.5. The molecule has 0 aromatic heterocycles. The number of fused-ring (bicyclic) bond motifs is 3. The second-order valence-corrected chi connectivity index (χ2v) is 7.09. The number of esters is 1. The molecule has 140 valence electrons. The van der Waals surface area contributed by atoms with E-state index in [-0.39, 0.29) is 47.8 Å². The van der Waals surface area contributed by atoms with E-state index >= 15 is 0 Å². The Balaban J connectivity index is 1.72. The molecule has 3 atom stereocenters. The van der Waals surface area contributed by atoms with Crippen LogP contribution in [-0.2, 0) is 16.0 Å². The summed E-state index contributed by atoms with van der Waals surface area (Å²) >= 11 is 0. The molecule has 2 aliphatic heterocycles. The third-order valence-electron chi connectivity index (χ3n) is 5.69. The number of phenols is 2. The Morgan fingerprint density at radius 1 is 1.07 bits per heavy atom. The summed E-state index contributed by atoms with van der Waals surface area (Å²) in [5.41, 5.74) is 2.68. The Labute approximate surface area is 155 Å². The van der Waals surface area contributed by atoms with Crippen LogP contribution in [0.5, 0.6) is 28.7 Å². The van der Waals surface area contributed by atoms with Gasteiger partial charge in [-0.25, -0.2) is 0 Å². The van der Waals surface area contributed by atoms with Gasteiger partial charge in [-0.05, 0) is 47.4 Å². The summed E-state index contributed by atoms with van der Waals surface area (Å²) in [6.45, 7) is 0.542. The molecule has 0 saturated carbocycles. The van der Waals surface area contributed by atoms with E-state index in [1.807, 2.05) is 12.1 Å². The Morgan fingerprint density at radius 2 is 1.85 bits per heavy atom. The van der Waals surface area contributed by atoms with Crippen LogP contribution in [0.4, 0.5) is 0 Å². The van der Waals surface area contributed by atoms with Crippen molar-refractivity contribution >= 4 is 5.97 Å². The van der Waals surface area contributed by atoms with Gasteiger partial charge in [0.05, 0.1) is 19.6 Å². The minimum atomic E-state index is -0.369. The predicted octanol–water partition coefficient (Wildman–Crippen LogP) is 2.31. The van der Waals surface area contributed by atoms with E-state index in [0.717, 1.165) is 11.1 Å². The Morgan fingerprint density at radius 3 is 2.63 bits per heavy atom. The van der Waals surface area contributed by atoms with Crippen molar-refractivity contribution < 1.29 is 34.0 Å². The number of hydrogen-bond acceptors (Lipinski definition) is 7. The highest BCUT2D eigenvalue weighted by molar-refractivity contribution is 5.78. The topological polar surface area (TPSA) is 94.5 Å². The molecular weight excluding hydrogens is 352 g/mol. The first-order valence-electron chi connectivity index (χ1n) is 8.75. The zero-order valence-electron chi connectivity index (χ0n) is 14.6. The summed E-state index contributed by atoms with van der Waals surface area (Å²) in [5, 5.41) is 20.1. The van der Waals surface area contributed by atoms with Gasteiger partial charge in [0, 0.05) is 11.8 Å². The van der Waals surface area contributed by atoms with Crippen molar-refractivity contribution in [3.63, 3.8) is 0 Å². The number of hydrogen-bond donors (Lipinski definition) is 2. The SMILES string of the molecule is COc1cc([C@@H]2c3cc4c(cc3CC3COC(=O)[C@@H]32)OCO4)cc(O)c1O. The number of rotatable bonds is 2. The van der Waals surface area contributed by atoms with E-state index in [2.05, 4.69) is 0 Å². The molecule has 7 heteroatoms. The molecule has 1 fully saturated rings. The summed E-state index contributed by atoms with van der Waals surface area (Å²) in [4.78, 5) is 12.5. The normalized spacial score (nSPS) is 24.9. The van der Waals surface area contributed by atoms with E-state index in [1.54, 1.807) is 6.07 Å². The van der Waals surface area contributed by atoms with Gasteiger partial charge in [-0.2, -0.15) is 0 Å². The van der Waals surface area contributed by atoms with Crippen molar-refractivity contribution in [1.82, 2.24) is 0 Å². The molecule has 0 radical (unpaired) electrons. The van der Waals surface area contributed by atoms with Gasteiger partial charge in [0.2, 0.25) is 12.5 Å². The first-order chi connectivity index (χ1) is 13.1. The Kier molecular flexibility index (Phi) is 3.40. The molecule has 2 aromatic carbocycles. The summed E-state index contributed by atoms with van der Waals surface area (Å²) in [6.07, 6.45) is 0.708. The van der Waals surface area contributed by atoms with E-state index in [9.17, 15) is 15.0 Å². The van der Waals surface area contributed by atoms with Gasteiger partial charge in [-0.15, -0.1) is 0 Å². The second-order valence-electron chi connectivity index (χ2n) is 7.09. The van der Waals surface area contributed by atoms with Gasteiger partial charge in [-0.3, -0.25) is 4.79 Å². The Hall–Kier alpha value is -3.09. The number of aromatic hydroxyl groups is 2. The number of methoxy groups -OCH3 is 1. The predicted molar refractivity (Wildman–Crippen MR) is 92.4 cm³/mol. The fraction of sp³-hybridized carbons (Fsp3) is 0.350. The molecule has 0 amide bonds. The highest BCUT2D eigenvalue weighted by atomic mass is 16.7. The van der Waals surface area contributed by atoms with E-state index in [4.69, 9.17) is 18.9 Å². The van der Waals surface area contributed by atoms with Gasteiger partial charge in [-0.1, -0.05) is 0 Å². The molecule has 2 aromatic rings. The van der Waals surface area contributed by atoms with Crippen molar-refractivity contribution in [1.29, 1.82) is 0 Å². The molecule has 2 heterocycles. The smallest absolute Gasteiger partial charge is 0.310 e. The number of cyclic esters (lactones) is 1. The lowest BCUT2D eigenvalue weighted by molar-refractivity contribution is -0.141. The van der Waals surface area contributed by atoms with E-state index in [0.29, 0.717) is 30.1 Å². The minimum Gasteiger partial charge on any atom is -0.504 e. The summed E-state index contributed by atoms with van der Waals surface area (Å²) in [7, 11) is 1.41. The van der Waals surface area contributed by atoms with Gasteiger partial charge in [0.1, 0.15) is 0 Å². The van der Waals surface area contributed by atoms with E-state index in [1.165, 1.54) is 13.2 Å². The maximum Gasteiger partial charge on any atom is 0.310 e. The molecule has 3 aliphatic rings. The van der Waals surface area contributed by atoms with Crippen LogP contribution in [0.3, 0.4) is 0 Å². The number of ether oxygens (including phenoxy) is 4. The lowest BCUT2D eigenvalue weighted by Crippen LogP contribution is -2.31. The monoisotopic (exact) mass is 370 g/mol. The van der Waals surface area contributed by atoms with Crippen molar-refractivity contribution in [3.8, 4) is 28.7 Å². The number of phenolic OH excluding ortho intramolecular Hbond substituents is 2. The lowest BCUT2D eigenvalue weighted by Gasteiger charge is -2.33. The third-order valence-corrected chi connectivity index (χ3v) is 5.69. The van der Waals surface area contributed by atoms with Crippen molar-refractivity contribution in [2.45, 2.75) is 12.3 Å². The van der Waals surface area contributed by atoms with Gasteiger partial charge < -0.3 is 29.2 Å². The summed E-state index contributed by atoms with van der Waals surface area (Å²) in [5.74, 6) is -0.0531. The largest absolute Gasteiger partial charge is 0.504 e. The summed E-state index contributed by atoms with van der Waals surface area (Å²) in [6, 6.07) is 6.99. The molecular formula is C20H18O7. The highest BCUT2D eigenvalue weighted by Crippen LogP contribution is 2.52. The van der Waals surface area contributed by atoms with Crippen LogP contribution in [0, 0.1) is 11.8 Å². The van der Waals surface area contributed by atoms with Crippen LogP contribution >= 0.6 is 0 Å². The zero-order valence-corrected chi connectivity index (χ0v) is 14.6. The van der Waals surface area contributed by atoms with Gasteiger partial charge >= 0.3 is 5.97 Å². The van der Waals surface area contributed by atoms with Crippen LogP contribution in [0.2, 0.25) is 0 Å². The first-order valence-corrected chi connectivity index (χ1v) is 8.75. The fourth-order valence-corrected chi connectivity index (χ4v) is 4.45. The van der Waals surface area contributed by atoms with E-state index < -0.39 is 0 Å². The Bertz CT molecular complexity index is 952. The van der Waals surface area contributed by atoms with Gasteiger partial charge in [0.25, 0.3) is 0 Å². The standard InChI is InChI=1S/C20H18O7/c1-24-16-5-10(3-13(21)19(16)22)17-12-6-15-14(26-8-27-15)4-9(12)2-11-7-25-20(23)18(11)17/h3-6,11,17-18,21-22H,2,7-8H2,1H3/t11?,17-,18+/m1/s1. The van der Waals surface area contributed by atoms with Crippen LogP contribution < -0.4 is 14.2 Å². The molecule has 7 nitrogen and oxygen atoms in total. The minimum absolute atomic E-state index is 0.0392. The molecule has 1 saturated heterocycles. The van der Waals surface area contributed by atoms with Gasteiger partial charge in [0.15, 0.2) is 23.0 Å². The average molecular weight is 370 g/mol. The second kappa shape index (κ2) is 5.70. The number of benzene rings is 2. The quantitative estimate of drug-likeness (QED) is 0.619. The molecule has 27 heavy (non-hydrogen) atoms. The molecule has 0 spiro atoms. The number of carbonyl (C=O) groups excluding carboxylic acids is 1. The lowest BCUT2D eigenvalue weighted by atomic mass is 9.67. The van der Waals surface area contributed by atoms with Crippen molar-refractivity contribution in [2.75, 3.05) is 20.5 Å². The molecule has 5 rings (SSSR count). The molecule has 0 bridgehead atoms. The fourth-order valence-electron chi connectivity index (χ4n) is 4.45. The van der Waals surface area contributed by atoms with Crippen LogP contribution in [0.15, 0.2) is 24.3 Å². The molecule has 1 aliphatic carbocycles. The van der Waals surface area contributed by atoms with Crippen LogP contribution in [0.25, 0.3) is 0 Å². The van der Waals surface area contributed by atoms with Crippen LogP contribution in [-0.4, -0.2) is 36.7 Å². The first kappa shape index (κ1) is 16.1. The molecule has 2 N–H and O–H groups in total. The van der Waals surface area contributed by atoms with Crippen molar-refractivity contribution in [3.05, 3.63) is 41.0 Å². The average Bonchev–Trinajstić information content (AvgIpc) is 3.26. The van der Waals surface area contributed by atoms with Crippen LogP contribution in [0.1, 0.15) is 22.6 Å². The maximum atomic E-state index is 12.5. The number of carbonyl (C=O) groups is 1.